The number of fused-ring (bicyclic) bond motifs is 1. The zero-order valence-corrected chi connectivity index (χ0v) is 14.2. The molecule has 0 fully saturated rings. The van der Waals surface area contributed by atoms with Crippen LogP contribution in [0, 0.1) is 13.8 Å². The van der Waals surface area contributed by atoms with E-state index in [1.807, 2.05) is 0 Å². The van der Waals surface area contributed by atoms with Crippen LogP contribution >= 0.6 is 0 Å². The molecule has 0 aliphatic carbocycles. The number of nitrogens with one attached hydrogen (secondary N) is 2. The van der Waals surface area contributed by atoms with Crippen molar-refractivity contribution < 1.29 is 13.2 Å². The van der Waals surface area contributed by atoms with Gasteiger partial charge in [0, 0.05) is 5.69 Å². The lowest BCUT2D eigenvalue weighted by Gasteiger charge is -2.07. The predicted molar refractivity (Wildman–Crippen MR) is 91.1 cm³/mol. The van der Waals surface area contributed by atoms with Crippen LogP contribution in [0.3, 0.4) is 0 Å². The topological polar surface area (TPSA) is 91.7 Å². The normalized spacial score (nSPS) is 12.0. The van der Waals surface area contributed by atoms with Crippen molar-refractivity contribution >= 4 is 5.65 Å². The predicted octanol–water partition coefficient (Wildman–Crippen LogP) is 3.11. The molecule has 0 bridgehead atoms. The fourth-order valence-corrected chi connectivity index (χ4v) is 3.00. The fraction of sp³-hybridized carbons (Fsp3) is 0.176. The summed E-state index contributed by atoms with van der Waals surface area (Å²) in [5.74, 6) is 0.642. The Morgan fingerprint density at radius 1 is 1.00 bits per heavy atom. The lowest BCUT2D eigenvalue weighted by atomic mass is 10.1. The zero-order chi connectivity index (χ0) is 19.3. The van der Waals surface area contributed by atoms with Crippen LogP contribution in [0.4, 0.5) is 13.2 Å². The first kappa shape index (κ1) is 17.0. The number of aromatic amines is 2. The largest absolute Gasteiger partial charge is 0.435 e. The molecule has 2 N–H and O–H groups in total. The van der Waals surface area contributed by atoms with Gasteiger partial charge in [-0.15, -0.1) is 10.2 Å². The van der Waals surface area contributed by atoms with Crippen molar-refractivity contribution in [3.8, 4) is 22.5 Å². The number of H-pyrrole nitrogens is 2. The summed E-state index contributed by atoms with van der Waals surface area (Å²) in [4.78, 5) is 18.6. The van der Waals surface area contributed by atoms with E-state index in [2.05, 4.69) is 25.3 Å². The van der Waals surface area contributed by atoms with E-state index >= 15 is 0 Å². The van der Waals surface area contributed by atoms with E-state index in [9.17, 15) is 18.0 Å². The number of alkyl halides is 3. The van der Waals surface area contributed by atoms with Crippen LogP contribution in [-0.2, 0) is 6.18 Å². The minimum absolute atomic E-state index is 0.0315. The summed E-state index contributed by atoms with van der Waals surface area (Å²) < 4.78 is 41.6. The van der Waals surface area contributed by atoms with E-state index in [4.69, 9.17) is 0 Å². The van der Waals surface area contributed by atoms with E-state index in [1.165, 1.54) is 12.1 Å². The molecule has 0 unspecified atom stereocenters. The van der Waals surface area contributed by atoms with Gasteiger partial charge in [0.25, 0.3) is 5.56 Å². The first-order valence-electron chi connectivity index (χ1n) is 7.95. The number of hydrogen-bond donors (Lipinski definition) is 2. The Morgan fingerprint density at radius 2 is 1.70 bits per heavy atom. The number of hydrogen-bond acceptors (Lipinski definition) is 4. The molecule has 0 atom stereocenters. The quantitative estimate of drug-likeness (QED) is 0.564. The maximum atomic E-state index is 13.6. The van der Waals surface area contributed by atoms with Crippen molar-refractivity contribution in [2.24, 2.45) is 0 Å². The van der Waals surface area contributed by atoms with Crippen molar-refractivity contribution in [3.63, 3.8) is 0 Å². The third kappa shape index (κ3) is 2.69. The third-order valence-corrected chi connectivity index (χ3v) is 4.14. The highest BCUT2D eigenvalue weighted by atomic mass is 19.4. The number of halogens is 3. The summed E-state index contributed by atoms with van der Waals surface area (Å²) in [5, 5.41) is 11.2. The molecule has 4 aromatic rings. The van der Waals surface area contributed by atoms with Crippen LogP contribution in [-0.4, -0.2) is 29.8 Å². The van der Waals surface area contributed by atoms with Gasteiger partial charge in [0.1, 0.15) is 17.0 Å². The second-order valence-corrected chi connectivity index (χ2v) is 6.04. The molecule has 1 aromatic carbocycles. The number of benzene rings is 1. The standard InChI is InChI=1S/C17H13F3N6O/c1-8-11(14-22-9(2)23-24-14)16(27)26-15(21-8)12(10-6-4-3-5-7-10)13(25-26)17(18,19)20/h3-7,21H,1-2H3,(H,22,23,24). The van der Waals surface area contributed by atoms with Gasteiger partial charge in [0.15, 0.2) is 11.5 Å². The lowest BCUT2D eigenvalue weighted by molar-refractivity contribution is -0.140. The Morgan fingerprint density at radius 3 is 2.30 bits per heavy atom. The Labute approximate surface area is 149 Å². The highest BCUT2D eigenvalue weighted by molar-refractivity contribution is 5.81. The van der Waals surface area contributed by atoms with Crippen molar-refractivity contribution in [3.05, 3.63) is 57.9 Å². The van der Waals surface area contributed by atoms with Gasteiger partial charge in [-0.05, 0) is 19.4 Å². The van der Waals surface area contributed by atoms with Gasteiger partial charge in [-0.25, -0.2) is 0 Å². The molecule has 4 rings (SSSR count). The Balaban J connectivity index is 2.10. The SMILES string of the molecule is Cc1nnc(-c2c(C)[nH]c3c(-c4ccccc4)c(C(F)(F)F)nn3c2=O)[nH]1. The second-order valence-electron chi connectivity index (χ2n) is 6.04. The minimum atomic E-state index is -4.73. The van der Waals surface area contributed by atoms with Crippen LogP contribution in [0.1, 0.15) is 17.2 Å². The average Bonchev–Trinajstić information content (AvgIpc) is 3.19. The van der Waals surface area contributed by atoms with Gasteiger partial charge in [0.05, 0.1) is 5.56 Å². The summed E-state index contributed by atoms with van der Waals surface area (Å²) in [6, 6.07) is 8.01. The van der Waals surface area contributed by atoms with E-state index in [1.54, 1.807) is 32.0 Å². The average molecular weight is 374 g/mol. The summed E-state index contributed by atoms with van der Waals surface area (Å²) >= 11 is 0. The number of aryl methyl sites for hydroxylation is 2. The Kier molecular flexibility index (Phi) is 3.65. The number of aromatic nitrogens is 6. The molecular weight excluding hydrogens is 361 g/mol. The van der Waals surface area contributed by atoms with Gasteiger partial charge in [-0.1, -0.05) is 30.3 Å². The first-order valence-corrected chi connectivity index (χ1v) is 7.95. The minimum Gasteiger partial charge on any atom is -0.342 e. The molecule has 0 aliphatic rings. The van der Waals surface area contributed by atoms with E-state index in [0.717, 1.165) is 4.52 Å². The summed E-state index contributed by atoms with van der Waals surface area (Å²) in [7, 11) is 0. The van der Waals surface area contributed by atoms with Gasteiger partial charge in [-0.2, -0.15) is 22.8 Å². The third-order valence-electron chi connectivity index (χ3n) is 4.14. The summed E-state index contributed by atoms with van der Waals surface area (Å²) in [5.41, 5.74) is -1.32. The maximum Gasteiger partial charge on any atom is 0.435 e. The molecule has 27 heavy (non-hydrogen) atoms. The van der Waals surface area contributed by atoms with Gasteiger partial charge >= 0.3 is 6.18 Å². The lowest BCUT2D eigenvalue weighted by Crippen LogP contribution is -2.20. The number of nitrogens with zero attached hydrogens (tertiary/aromatic N) is 4. The molecule has 0 amide bonds. The van der Waals surface area contributed by atoms with Gasteiger partial charge < -0.3 is 9.97 Å². The van der Waals surface area contributed by atoms with Crippen molar-refractivity contribution in [1.29, 1.82) is 0 Å². The van der Waals surface area contributed by atoms with Crippen molar-refractivity contribution in [2.45, 2.75) is 20.0 Å². The van der Waals surface area contributed by atoms with Gasteiger partial charge in [-0.3, -0.25) is 4.79 Å². The number of rotatable bonds is 2. The van der Waals surface area contributed by atoms with E-state index in [-0.39, 0.29) is 22.6 Å². The van der Waals surface area contributed by atoms with Crippen LogP contribution in [0.15, 0.2) is 35.1 Å². The molecule has 0 radical (unpaired) electrons. The molecule has 7 nitrogen and oxygen atoms in total. The Bertz CT molecular complexity index is 1200. The highest BCUT2D eigenvalue weighted by Crippen LogP contribution is 2.38. The Hall–Kier alpha value is -3.43. The van der Waals surface area contributed by atoms with Crippen molar-refractivity contribution in [1.82, 2.24) is 29.8 Å². The first-order chi connectivity index (χ1) is 12.8. The summed E-state index contributed by atoms with van der Waals surface area (Å²) in [6.07, 6.45) is -4.73. The molecule has 3 aromatic heterocycles. The molecule has 0 aliphatic heterocycles. The molecule has 10 heteroatoms. The van der Waals surface area contributed by atoms with E-state index < -0.39 is 17.4 Å². The fourth-order valence-electron chi connectivity index (χ4n) is 3.00. The highest BCUT2D eigenvalue weighted by Gasteiger charge is 2.39. The molecule has 3 heterocycles. The molecule has 0 spiro atoms. The smallest absolute Gasteiger partial charge is 0.342 e. The van der Waals surface area contributed by atoms with E-state index in [0.29, 0.717) is 17.1 Å². The molecular formula is C17H13F3N6O. The molecule has 0 saturated heterocycles. The second kappa shape index (κ2) is 5.79. The monoisotopic (exact) mass is 374 g/mol. The molecule has 138 valence electrons. The van der Waals surface area contributed by atoms with Crippen molar-refractivity contribution in [2.75, 3.05) is 0 Å². The summed E-state index contributed by atoms with van der Waals surface area (Å²) in [6.45, 7) is 3.24. The van der Waals surface area contributed by atoms with Crippen LogP contribution in [0.2, 0.25) is 0 Å². The maximum absolute atomic E-state index is 13.6. The zero-order valence-electron chi connectivity index (χ0n) is 14.2. The van der Waals surface area contributed by atoms with Crippen LogP contribution < -0.4 is 5.56 Å². The van der Waals surface area contributed by atoms with Gasteiger partial charge in [0.2, 0.25) is 0 Å². The van der Waals surface area contributed by atoms with Crippen LogP contribution in [0.25, 0.3) is 28.2 Å². The van der Waals surface area contributed by atoms with Crippen LogP contribution in [0.5, 0.6) is 0 Å². The molecule has 0 saturated carbocycles.